The normalized spacial score (nSPS) is 9.77. The molecule has 0 radical (unpaired) electrons. The van der Waals surface area contributed by atoms with Crippen LogP contribution in [-0.2, 0) is 6.54 Å². The Morgan fingerprint density at radius 2 is 2.08 bits per heavy atom. The van der Waals surface area contributed by atoms with E-state index >= 15 is 0 Å². The standard InChI is InChI=1S/C9H12INO2/c1-12-8-5-3-4-7(6-11-10)9(8)13-2/h3-5,11H,6H2,1-2H3. The molecule has 72 valence electrons. The molecule has 0 fully saturated rings. The molecule has 0 aliphatic heterocycles. The highest BCUT2D eigenvalue weighted by Crippen LogP contribution is 2.30. The highest BCUT2D eigenvalue weighted by Gasteiger charge is 2.07. The first kappa shape index (κ1) is 10.6. The molecule has 0 saturated heterocycles. The van der Waals surface area contributed by atoms with Crippen molar-refractivity contribution in [2.45, 2.75) is 6.54 Å². The number of rotatable bonds is 4. The van der Waals surface area contributed by atoms with Gasteiger partial charge in [0.25, 0.3) is 0 Å². The molecular formula is C9H12INO2. The fourth-order valence-corrected chi connectivity index (χ4v) is 1.58. The summed E-state index contributed by atoms with van der Waals surface area (Å²) in [6.45, 7) is 0.765. The Morgan fingerprint density at radius 3 is 2.62 bits per heavy atom. The van der Waals surface area contributed by atoms with Gasteiger partial charge in [-0.2, -0.15) is 0 Å². The lowest BCUT2D eigenvalue weighted by Gasteiger charge is -2.11. The predicted octanol–water partition coefficient (Wildman–Crippen LogP) is 2.14. The smallest absolute Gasteiger partial charge is 0.165 e. The van der Waals surface area contributed by atoms with Crippen LogP contribution in [0.1, 0.15) is 5.56 Å². The van der Waals surface area contributed by atoms with Gasteiger partial charge in [0.2, 0.25) is 0 Å². The van der Waals surface area contributed by atoms with Crippen molar-refractivity contribution in [1.82, 2.24) is 3.53 Å². The molecule has 0 aliphatic carbocycles. The molecule has 4 heteroatoms. The van der Waals surface area contributed by atoms with Crippen LogP contribution in [-0.4, -0.2) is 14.2 Å². The lowest BCUT2D eigenvalue weighted by Crippen LogP contribution is -2.01. The highest BCUT2D eigenvalue weighted by atomic mass is 127. The van der Waals surface area contributed by atoms with Crippen molar-refractivity contribution < 1.29 is 9.47 Å². The minimum Gasteiger partial charge on any atom is -0.493 e. The number of halogens is 1. The van der Waals surface area contributed by atoms with Gasteiger partial charge in [-0.15, -0.1) is 0 Å². The average Bonchev–Trinajstić information content (AvgIpc) is 2.18. The van der Waals surface area contributed by atoms with Crippen molar-refractivity contribution >= 4 is 22.9 Å². The number of methoxy groups -OCH3 is 2. The third-order valence-corrected chi connectivity index (χ3v) is 2.12. The molecular weight excluding hydrogens is 281 g/mol. The van der Waals surface area contributed by atoms with Crippen molar-refractivity contribution in [1.29, 1.82) is 0 Å². The van der Waals surface area contributed by atoms with Gasteiger partial charge in [-0.25, -0.2) is 0 Å². The van der Waals surface area contributed by atoms with Crippen molar-refractivity contribution in [3.05, 3.63) is 23.8 Å². The average molecular weight is 293 g/mol. The van der Waals surface area contributed by atoms with Crippen LogP contribution >= 0.6 is 22.9 Å². The zero-order valence-electron chi connectivity index (χ0n) is 7.63. The molecule has 0 aromatic heterocycles. The summed E-state index contributed by atoms with van der Waals surface area (Å²) in [5.74, 6) is 1.57. The minimum absolute atomic E-state index is 0.765. The summed E-state index contributed by atoms with van der Waals surface area (Å²) in [6.07, 6.45) is 0. The number of ether oxygens (including phenoxy) is 2. The molecule has 0 spiro atoms. The molecule has 0 aliphatic rings. The third-order valence-electron chi connectivity index (χ3n) is 1.74. The fourth-order valence-electron chi connectivity index (χ4n) is 1.16. The molecule has 1 rings (SSSR count). The lowest BCUT2D eigenvalue weighted by molar-refractivity contribution is 0.351. The first-order valence-electron chi connectivity index (χ1n) is 3.86. The topological polar surface area (TPSA) is 30.5 Å². The first-order chi connectivity index (χ1) is 6.33. The molecule has 13 heavy (non-hydrogen) atoms. The largest absolute Gasteiger partial charge is 0.493 e. The van der Waals surface area contributed by atoms with Crippen LogP contribution in [0, 0.1) is 0 Å². The van der Waals surface area contributed by atoms with Gasteiger partial charge < -0.3 is 9.47 Å². The molecule has 0 atom stereocenters. The summed E-state index contributed by atoms with van der Waals surface area (Å²) in [7, 11) is 3.29. The van der Waals surface area contributed by atoms with E-state index in [0.29, 0.717) is 0 Å². The molecule has 3 nitrogen and oxygen atoms in total. The van der Waals surface area contributed by atoms with Gasteiger partial charge in [0.05, 0.1) is 14.2 Å². The summed E-state index contributed by atoms with van der Waals surface area (Å²) in [4.78, 5) is 0. The lowest BCUT2D eigenvalue weighted by atomic mass is 10.2. The Kier molecular flexibility index (Phi) is 4.31. The summed E-state index contributed by atoms with van der Waals surface area (Å²) in [5, 5.41) is 0. The van der Waals surface area contributed by atoms with Crippen LogP contribution in [0.15, 0.2) is 18.2 Å². The highest BCUT2D eigenvalue weighted by molar-refractivity contribution is 14.1. The summed E-state index contributed by atoms with van der Waals surface area (Å²) in [6, 6.07) is 5.84. The Balaban J connectivity index is 3.03. The quantitative estimate of drug-likeness (QED) is 0.681. The number of benzene rings is 1. The van der Waals surface area contributed by atoms with E-state index in [0.717, 1.165) is 23.6 Å². The van der Waals surface area contributed by atoms with Crippen LogP contribution in [0.5, 0.6) is 11.5 Å². The van der Waals surface area contributed by atoms with Crippen LogP contribution in [0.4, 0.5) is 0 Å². The van der Waals surface area contributed by atoms with Crippen LogP contribution in [0.3, 0.4) is 0 Å². The Labute approximate surface area is 91.9 Å². The number of hydrogen-bond acceptors (Lipinski definition) is 3. The predicted molar refractivity (Wildman–Crippen MR) is 60.4 cm³/mol. The second-order valence-corrected chi connectivity index (χ2v) is 3.23. The molecule has 0 heterocycles. The van der Waals surface area contributed by atoms with E-state index in [1.165, 1.54) is 0 Å². The summed E-state index contributed by atoms with van der Waals surface area (Å²) in [5.41, 5.74) is 1.09. The summed E-state index contributed by atoms with van der Waals surface area (Å²) < 4.78 is 13.5. The van der Waals surface area contributed by atoms with Crippen LogP contribution < -0.4 is 13.0 Å². The fraction of sp³-hybridized carbons (Fsp3) is 0.333. The maximum absolute atomic E-state index is 5.25. The molecule has 1 aromatic carbocycles. The summed E-state index contributed by atoms with van der Waals surface area (Å²) >= 11 is 2.10. The molecule has 1 N–H and O–H groups in total. The van der Waals surface area contributed by atoms with Gasteiger partial charge in [-0.3, -0.25) is 3.53 Å². The SMILES string of the molecule is COc1cccc(CNI)c1OC. The monoisotopic (exact) mass is 293 g/mol. The Bertz CT molecular complexity index is 278. The van der Waals surface area contributed by atoms with Crippen molar-refractivity contribution in [2.75, 3.05) is 14.2 Å². The third kappa shape index (κ3) is 2.47. The van der Waals surface area contributed by atoms with E-state index in [9.17, 15) is 0 Å². The van der Waals surface area contributed by atoms with Gasteiger partial charge in [0.15, 0.2) is 11.5 Å². The zero-order valence-corrected chi connectivity index (χ0v) is 9.79. The maximum atomic E-state index is 5.25. The van der Waals surface area contributed by atoms with E-state index in [2.05, 4.69) is 26.4 Å². The first-order valence-corrected chi connectivity index (χ1v) is 4.94. The Hall–Kier alpha value is -0.490. The number of para-hydroxylation sites is 1. The molecule has 0 saturated carbocycles. The van der Waals surface area contributed by atoms with Gasteiger partial charge in [-0.05, 0) is 6.07 Å². The maximum Gasteiger partial charge on any atom is 0.165 e. The van der Waals surface area contributed by atoms with Gasteiger partial charge >= 0.3 is 0 Å². The number of hydrogen-bond donors (Lipinski definition) is 1. The second-order valence-electron chi connectivity index (χ2n) is 2.46. The van der Waals surface area contributed by atoms with Crippen LogP contribution in [0.2, 0.25) is 0 Å². The molecule has 0 bridgehead atoms. The van der Waals surface area contributed by atoms with Crippen molar-refractivity contribution in [3.63, 3.8) is 0 Å². The number of nitrogens with one attached hydrogen (secondary N) is 1. The molecule has 0 amide bonds. The van der Waals surface area contributed by atoms with Gasteiger partial charge in [-0.1, -0.05) is 12.1 Å². The van der Waals surface area contributed by atoms with E-state index < -0.39 is 0 Å². The van der Waals surface area contributed by atoms with E-state index in [-0.39, 0.29) is 0 Å². The van der Waals surface area contributed by atoms with E-state index in [4.69, 9.17) is 9.47 Å². The molecule has 0 unspecified atom stereocenters. The zero-order chi connectivity index (χ0) is 9.68. The van der Waals surface area contributed by atoms with Gasteiger partial charge in [0.1, 0.15) is 0 Å². The minimum atomic E-state index is 0.765. The van der Waals surface area contributed by atoms with Crippen molar-refractivity contribution in [2.24, 2.45) is 0 Å². The second kappa shape index (κ2) is 5.29. The Morgan fingerprint density at radius 1 is 1.31 bits per heavy atom. The van der Waals surface area contributed by atoms with E-state index in [1.807, 2.05) is 18.2 Å². The van der Waals surface area contributed by atoms with Crippen molar-refractivity contribution in [3.8, 4) is 11.5 Å². The van der Waals surface area contributed by atoms with Gasteiger partial charge in [0, 0.05) is 35.0 Å². The van der Waals surface area contributed by atoms with E-state index in [1.54, 1.807) is 14.2 Å². The van der Waals surface area contributed by atoms with Crippen LogP contribution in [0.25, 0.3) is 0 Å². The molecule has 1 aromatic rings.